The van der Waals surface area contributed by atoms with Crippen molar-refractivity contribution in [3.8, 4) is 0 Å². The third-order valence-corrected chi connectivity index (χ3v) is 7.06. The van der Waals surface area contributed by atoms with E-state index in [-0.39, 0.29) is 17.6 Å². The Labute approximate surface area is 163 Å². The van der Waals surface area contributed by atoms with Crippen molar-refractivity contribution in [1.29, 1.82) is 0 Å². The summed E-state index contributed by atoms with van der Waals surface area (Å²) in [7, 11) is -2.08. The predicted molar refractivity (Wildman–Crippen MR) is 102 cm³/mol. The van der Waals surface area contributed by atoms with E-state index in [0.717, 1.165) is 5.69 Å². The topological polar surface area (TPSA) is 96.8 Å². The van der Waals surface area contributed by atoms with E-state index >= 15 is 0 Å². The molecule has 1 aromatic heterocycles. The molecule has 2 fully saturated rings. The first-order valence-corrected chi connectivity index (χ1v) is 10.6. The fourth-order valence-electron chi connectivity index (χ4n) is 3.75. The van der Waals surface area contributed by atoms with Crippen molar-refractivity contribution in [3.05, 3.63) is 42.6 Å². The number of aromatic nitrogens is 2. The molecule has 1 aromatic carbocycles. The molecule has 9 nitrogen and oxygen atoms in total. The summed E-state index contributed by atoms with van der Waals surface area (Å²) in [6.07, 6.45) is 2.44. The van der Waals surface area contributed by atoms with Crippen LogP contribution >= 0.6 is 0 Å². The van der Waals surface area contributed by atoms with Crippen molar-refractivity contribution in [3.63, 3.8) is 0 Å². The highest BCUT2D eigenvalue weighted by molar-refractivity contribution is 7.89. The number of carbonyl (C=O) groups is 1. The molecule has 4 rings (SSSR count). The third-order valence-electron chi connectivity index (χ3n) is 5.22. The van der Waals surface area contributed by atoms with Gasteiger partial charge in [0.25, 0.3) is 10.0 Å². The number of urea groups is 1. The van der Waals surface area contributed by atoms with Crippen LogP contribution in [0.4, 0.5) is 10.5 Å². The quantitative estimate of drug-likeness (QED) is 0.834. The number of sulfonamides is 1. The molecule has 1 N–H and O–H groups in total. The number of amides is 2. The summed E-state index contributed by atoms with van der Waals surface area (Å²) in [5, 5.41) is 6.93. The van der Waals surface area contributed by atoms with E-state index in [1.54, 1.807) is 18.1 Å². The number of nitrogens with one attached hydrogen (secondary N) is 1. The van der Waals surface area contributed by atoms with Gasteiger partial charge in [-0.3, -0.25) is 4.68 Å². The van der Waals surface area contributed by atoms with Gasteiger partial charge in [-0.15, -0.1) is 0 Å². The van der Waals surface area contributed by atoms with Crippen LogP contribution in [-0.2, 0) is 21.8 Å². The smallest absolute Gasteiger partial charge is 0.321 e. The van der Waals surface area contributed by atoms with Crippen LogP contribution in [0.25, 0.3) is 0 Å². The van der Waals surface area contributed by atoms with Crippen LogP contribution < -0.4 is 5.32 Å². The fourth-order valence-corrected chi connectivity index (χ4v) is 5.43. The van der Waals surface area contributed by atoms with Crippen molar-refractivity contribution >= 4 is 21.7 Å². The average molecular weight is 405 g/mol. The third kappa shape index (κ3) is 3.38. The van der Waals surface area contributed by atoms with E-state index in [1.807, 2.05) is 30.3 Å². The predicted octanol–water partition coefficient (Wildman–Crippen LogP) is 1.47. The minimum atomic E-state index is -3.75. The van der Waals surface area contributed by atoms with Crippen LogP contribution in [0.2, 0.25) is 0 Å². The maximum atomic E-state index is 13.1. The van der Waals surface area contributed by atoms with E-state index in [2.05, 4.69) is 10.4 Å². The normalized spacial score (nSPS) is 19.8. The molecular weight excluding hydrogens is 382 g/mol. The average Bonchev–Trinajstić information content (AvgIpc) is 3.30. The maximum Gasteiger partial charge on any atom is 0.321 e. The fraction of sp³-hybridized carbons (Fsp3) is 0.444. The summed E-state index contributed by atoms with van der Waals surface area (Å²) < 4.78 is 34.9. The van der Waals surface area contributed by atoms with E-state index in [1.165, 1.54) is 15.1 Å². The van der Waals surface area contributed by atoms with Crippen molar-refractivity contribution < 1.29 is 17.9 Å². The van der Waals surface area contributed by atoms with Gasteiger partial charge in [0, 0.05) is 51.4 Å². The molecule has 2 aromatic rings. The summed E-state index contributed by atoms with van der Waals surface area (Å²) in [6, 6.07) is 10.5. The first-order valence-electron chi connectivity index (χ1n) is 9.18. The summed E-state index contributed by atoms with van der Waals surface area (Å²) >= 11 is 0. The standard InChI is InChI=1S/C18H23N5O4S/c1-21-10-7-16(20-21)28(25,26)23-13-14-27-18(23)8-11-22(12-9-18)17(24)19-15-5-3-2-4-6-15/h2-7,10H,8-9,11-14H2,1H3,(H,19,24). The number of ether oxygens (including phenoxy) is 1. The summed E-state index contributed by atoms with van der Waals surface area (Å²) in [4.78, 5) is 14.2. The Kier molecular flexibility index (Phi) is 4.86. The van der Waals surface area contributed by atoms with Gasteiger partial charge < -0.3 is 15.0 Å². The number of hydrogen-bond donors (Lipinski definition) is 1. The second-order valence-electron chi connectivity index (χ2n) is 6.98. The maximum absolute atomic E-state index is 13.1. The number of para-hydroxylation sites is 1. The molecule has 2 amide bonds. The zero-order valence-electron chi connectivity index (χ0n) is 15.6. The summed E-state index contributed by atoms with van der Waals surface area (Å²) in [5.41, 5.74) is -0.191. The van der Waals surface area contributed by atoms with Crippen LogP contribution in [0.3, 0.4) is 0 Å². The number of benzene rings is 1. The first kappa shape index (κ1) is 18.9. The van der Waals surface area contributed by atoms with Crippen molar-refractivity contribution in [1.82, 2.24) is 19.0 Å². The molecule has 2 aliphatic rings. The van der Waals surface area contributed by atoms with Gasteiger partial charge in [-0.25, -0.2) is 13.2 Å². The Morgan fingerprint density at radius 3 is 2.50 bits per heavy atom. The van der Waals surface area contributed by atoms with Crippen LogP contribution in [0.15, 0.2) is 47.6 Å². The van der Waals surface area contributed by atoms with Crippen LogP contribution in [0.1, 0.15) is 12.8 Å². The Morgan fingerprint density at radius 2 is 1.86 bits per heavy atom. The largest absolute Gasteiger partial charge is 0.358 e. The zero-order chi connectivity index (χ0) is 19.8. The van der Waals surface area contributed by atoms with Gasteiger partial charge in [0.1, 0.15) is 5.72 Å². The molecule has 2 aliphatic heterocycles. The molecule has 150 valence electrons. The molecule has 0 radical (unpaired) electrons. The van der Waals surface area contributed by atoms with Crippen LogP contribution in [0.5, 0.6) is 0 Å². The van der Waals surface area contributed by atoms with Crippen LogP contribution in [-0.4, -0.2) is 65.4 Å². The van der Waals surface area contributed by atoms with E-state index in [4.69, 9.17) is 4.74 Å². The number of aryl methyl sites for hydroxylation is 1. The number of likely N-dealkylation sites (tertiary alicyclic amines) is 1. The van der Waals surface area contributed by atoms with Gasteiger partial charge in [0.05, 0.1) is 6.61 Å². The number of rotatable bonds is 3. The highest BCUT2D eigenvalue weighted by Gasteiger charge is 2.51. The highest BCUT2D eigenvalue weighted by Crippen LogP contribution is 2.38. The van der Waals surface area contributed by atoms with Gasteiger partial charge in [-0.2, -0.15) is 9.40 Å². The zero-order valence-corrected chi connectivity index (χ0v) is 16.4. The Bertz CT molecular complexity index is 951. The van der Waals surface area contributed by atoms with E-state index < -0.39 is 15.7 Å². The molecule has 1 spiro atoms. The van der Waals surface area contributed by atoms with Crippen molar-refractivity contribution in [2.75, 3.05) is 31.6 Å². The van der Waals surface area contributed by atoms with Crippen molar-refractivity contribution in [2.45, 2.75) is 23.6 Å². The number of hydrogen-bond acceptors (Lipinski definition) is 5. The van der Waals surface area contributed by atoms with Crippen molar-refractivity contribution in [2.24, 2.45) is 7.05 Å². The lowest BCUT2D eigenvalue weighted by atomic mass is 10.0. The number of carbonyl (C=O) groups excluding carboxylic acids is 1. The van der Waals surface area contributed by atoms with Gasteiger partial charge >= 0.3 is 6.03 Å². The monoisotopic (exact) mass is 405 g/mol. The molecule has 0 atom stereocenters. The Morgan fingerprint density at radius 1 is 1.14 bits per heavy atom. The second-order valence-corrected chi connectivity index (χ2v) is 8.79. The molecule has 0 aliphatic carbocycles. The molecule has 0 saturated carbocycles. The van der Waals surface area contributed by atoms with E-state index in [9.17, 15) is 13.2 Å². The van der Waals surface area contributed by atoms with Gasteiger partial charge in [0.2, 0.25) is 0 Å². The number of piperidine rings is 1. The minimum Gasteiger partial charge on any atom is -0.358 e. The lowest BCUT2D eigenvalue weighted by molar-refractivity contribution is -0.0840. The highest BCUT2D eigenvalue weighted by atomic mass is 32.2. The SMILES string of the molecule is Cn1ccc(S(=O)(=O)N2CCOC23CCN(C(=O)Nc2ccccc2)CC3)n1. The Hall–Kier alpha value is -2.43. The summed E-state index contributed by atoms with van der Waals surface area (Å²) in [5.74, 6) is 0. The molecule has 10 heteroatoms. The lowest BCUT2D eigenvalue weighted by Crippen LogP contribution is -2.56. The molecule has 3 heterocycles. The first-order chi connectivity index (χ1) is 13.4. The molecule has 2 saturated heterocycles. The van der Waals surface area contributed by atoms with Gasteiger partial charge in [-0.1, -0.05) is 18.2 Å². The van der Waals surface area contributed by atoms with Crippen LogP contribution in [0, 0.1) is 0 Å². The molecule has 28 heavy (non-hydrogen) atoms. The Balaban J connectivity index is 1.46. The minimum absolute atomic E-state index is 0.0177. The summed E-state index contributed by atoms with van der Waals surface area (Å²) in [6.45, 7) is 1.44. The molecule has 0 unspecified atom stereocenters. The molecule has 0 bridgehead atoms. The lowest BCUT2D eigenvalue weighted by Gasteiger charge is -2.42. The van der Waals surface area contributed by atoms with E-state index in [0.29, 0.717) is 32.5 Å². The second kappa shape index (κ2) is 7.19. The number of nitrogens with zero attached hydrogens (tertiary/aromatic N) is 4. The van der Waals surface area contributed by atoms with Gasteiger partial charge in [-0.05, 0) is 18.2 Å². The van der Waals surface area contributed by atoms with Gasteiger partial charge in [0.15, 0.2) is 5.03 Å². The number of anilines is 1. The molecular formula is C18H23N5O4S.